The van der Waals surface area contributed by atoms with Crippen LogP contribution in [0.5, 0.6) is 0 Å². The van der Waals surface area contributed by atoms with Crippen LogP contribution in [-0.2, 0) is 0 Å². The Labute approximate surface area is 182 Å². The Hall–Kier alpha value is -3.34. The lowest BCUT2D eigenvalue weighted by atomic mass is 10.1. The monoisotopic (exact) mass is 432 g/mol. The van der Waals surface area contributed by atoms with Crippen LogP contribution < -0.4 is 5.32 Å². The summed E-state index contributed by atoms with van der Waals surface area (Å²) >= 11 is 12.1. The molecule has 4 aromatic carbocycles. The van der Waals surface area contributed by atoms with E-state index in [1.807, 2.05) is 48.5 Å². The van der Waals surface area contributed by atoms with E-state index in [1.54, 1.807) is 30.3 Å². The van der Waals surface area contributed by atoms with Crippen molar-refractivity contribution < 1.29 is 9.21 Å². The van der Waals surface area contributed by atoms with Crippen LogP contribution in [0.3, 0.4) is 0 Å². The number of fused-ring (bicyclic) bond motifs is 3. The number of benzene rings is 4. The number of carbonyl (C=O) groups is 1. The minimum Gasteiger partial charge on any atom is -0.436 e. The highest BCUT2D eigenvalue weighted by molar-refractivity contribution is 6.44. The second-order valence-corrected chi connectivity index (χ2v) is 7.57. The number of amides is 1. The van der Waals surface area contributed by atoms with Crippen LogP contribution >= 0.6 is 23.2 Å². The van der Waals surface area contributed by atoms with E-state index >= 15 is 0 Å². The topological polar surface area (TPSA) is 55.1 Å². The summed E-state index contributed by atoms with van der Waals surface area (Å²) in [5.41, 5.74) is 3.32. The van der Waals surface area contributed by atoms with Gasteiger partial charge in [-0.1, -0.05) is 59.6 Å². The van der Waals surface area contributed by atoms with Gasteiger partial charge < -0.3 is 9.73 Å². The summed E-state index contributed by atoms with van der Waals surface area (Å²) < 4.78 is 5.95. The van der Waals surface area contributed by atoms with E-state index < -0.39 is 0 Å². The molecule has 0 spiro atoms. The molecule has 0 saturated heterocycles. The molecule has 30 heavy (non-hydrogen) atoms. The fourth-order valence-corrected chi connectivity index (χ4v) is 3.74. The fraction of sp³-hybridized carbons (Fsp3) is 0. The minimum absolute atomic E-state index is 0.229. The van der Waals surface area contributed by atoms with Crippen LogP contribution in [0.2, 0.25) is 10.0 Å². The molecule has 0 bridgehead atoms. The lowest BCUT2D eigenvalue weighted by molar-refractivity contribution is 0.102. The zero-order valence-corrected chi connectivity index (χ0v) is 17.0. The second kappa shape index (κ2) is 7.48. The standard InChI is InChI=1S/C24H14Cl2N2O2/c25-19-7-3-6-18(21(19)26)23(29)27-16-11-8-15(9-12-16)24-28-22-17-5-2-1-4-14(17)10-13-20(22)30-24/h1-13H,(H,27,29). The van der Waals surface area contributed by atoms with E-state index in [1.165, 1.54) is 0 Å². The predicted molar refractivity (Wildman–Crippen MR) is 121 cm³/mol. The number of carbonyl (C=O) groups excluding carboxylic acids is 1. The average molecular weight is 433 g/mol. The first-order chi connectivity index (χ1) is 14.6. The fourth-order valence-electron chi connectivity index (χ4n) is 3.36. The van der Waals surface area contributed by atoms with Gasteiger partial charge in [0.25, 0.3) is 5.91 Å². The first-order valence-corrected chi connectivity index (χ1v) is 10.00. The largest absolute Gasteiger partial charge is 0.436 e. The Kier molecular flexibility index (Phi) is 4.66. The summed E-state index contributed by atoms with van der Waals surface area (Å²) in [6.07, 6.45) is 0. The van der Waals surface area contributed by atoms with Gasteiger partial charge in [0.1, 0.15) is 5.52 Å². The molecule has 1 N–H and O–H groups in total. The van der Waals surface area contributed by atoms with Crippen LogP contribution in [0.25, 0.3) is 33.3 Å². The van der Waals surface area contributed by atoms with E-state index in [0.29, 0.717) is 22.2 Å². The predicted octanol–water partition coefficient (Wildman–Crippen LogP) is 7.21. The maximum absolute atomic E-state index is 12.5. The molecule has 0 unspecified atom stereocenters. The van der Waals surface area contributed by atoms with E-state index in [-0.39, 0.29) is 10.9 Å². The molecule has 1 aromatic heterocycles. The van der Waals surface area contributed by atoms with Crippen molar-refractivity contribution in [2.75, 3.05) is 5.32 Å². The van der Waals surface area contributed by atoms with Crippen LogP contribution in [0.4, 0.5) is 5.69 Å². The summed E-state index contributed by atoms with van der Waals surface area (Å²) in [6.45, 7) is 0. The number of anilines is 1. The molecule has 0 radical (unpaired) electrons. The SMILES string of the molecule is O=C(Nc1ccc(-c2nc3c(ccc4ccccc43)o2)cc1)c1cccc(Cl)c1Cl. The molecule has 0 aliphatic rings. The van der Waals surface area contributed by atoms with Gasteiger partial charge in [-0.05, 0) is 47.9 Å². The van der Waals surface area contributed by atoms with Gasteiger partial charge in [0.2, 0.25) is 5.89 Å². The highest BCUT2D eigenvalue weighted by Crippen LogP contribution is 2.30. The first kappa shape index (κ1) is 18.7. The van der Waals surface area contributed by atoms with Crippen molar-refractivity contribution in [3.8, 4) is 11.5 Å². The molecule has 4 nitrogen and oxygen atoms in total. The first-order valence-electron chi connectivity index (χ1n) is 9.24. The van der Waals surface area contributed by atoms with Gasteiger partial charge in [0.05, 0.1) is 15.6 Å². The third-order valence-corrected chi connectivity index (χ3v) is 5.69. The molecule has 0 saturated carbocycles. The van der Waals surface area contributed by atoms with Gasteiger partial charge in [-0.15, -0.1) is 0 Å². The lowest BCUT2D eigenvalue weighted by Crippen LogP contribution is -2.12. The molecule has 146 valence electrons. The Morgan fingerprint density at radius 2 is 1.67 bits per heavy atom. The molecule has 5 aromatic rings. The van der Waals surface area contributed by atoms with Crippen molar-refractivity contribution in [1.82, 2.24) is 4.98 Å². The number of oxazole rings is 1. The van der Waals surface area contributed by atoms with Gasteiger partial charge in [-0.2, -0.15) is 0 Å². The number of nitrogens with zero attached hydrogens (tertiary/aromatic N) is 1. The average Bonchev–Trinajstić information content (AvgIpc) is 3.21. The molecular formula is C24H14Cl2N2O2. The minimum atomic E-state index is -0.330. The Morgan fingerprint density at radius 1 is 0.867 bits per heavy atom. The lowest BCUT2D eigenvalue weighted by Gasteiger charge is -2.08. The third-order valence-electron chi connectivity index (χ3n) is 4.87. The Morgan fingerprint density at radius 3 is 2.50 bits per heavy atom. The maximum atomic E-state index is 12.5. The molecule has 0 fully saturated rings. The molecule has 0 aliphatic carbocycles. The van der Waals surface area contributed by atoms with Gasteiger partial charge in [0, 0.05) is 16.6 Å². The summed E-state index contributed by atoms with van der Waals surface area (Å²) in [5.74, 6) is 0.195. The zero-order valence-electron chi connectivity index (χ0n) is 15.5. The van der Waals surface area contributed by atoms with Crippen molar-refractivity contribution >= 4 is 56.7 Å². The van der Waals surface area contributed by atoms with Crippen LogP contribution in [0.1, 0.15) is 10.4 Å². The van der Waals surface area contributed by atoms with Gasteiger partial charge in [-0.3, -0.25) is 4.79 Å². The Bertz CT molecular complexity index is 1410. The summed E-state index contributed by atoms with van der Waals surface area (Å²) in [7, 11) is 0. The highest BCUT2D eigenvalue weighted by atomic mass is 35.5. The zero-order chi connectivity index (χ0) is 20.7. The number of rotatable bonds is 3. The number of aromatic nitrogens is 1. The Balaban J connectivity index is 1.43. The second-order valence-electron chi connectivity index (χ2n) is 6.79. The number of hydrogen-bond acceptors (Lipinski definition) is 3. The molecule has 1 amide bonds. The van der Waals surface area contributed by atoms with E-state index in [0.717, 1.165) is 27.4 Å². The molecule has 1 heterocycles. The number of halogens is 2. The maximum Gasteiger partial charge on any atom is 0.257 e. The van der Waals surface area contributed by atoms with Gasteiger partial charge >= 0.3 is 0 Å². The van der Waals surface area contributed by atoms with Crippen molar-refractivity contribution in [1.29, 1.82) is 0 Å². The van der Waals surface area contributed by atoms with E-state index in [2.05, 4.69) is 10.3 Å². The smallest absolute Gasteiger partial charge is 0.257 e. The quantitative estimate of drug-likeness (QED) is 0.327. The number of nitrogens with one attached hydrogen (secondary N) is 1. The van der Waals surface area contributed by atoms with Crippen LogP contribution in [-0.4, -0.2) is 10.9 Å². The summed E-state index contributed by atoms with van der Waals surface area (Å²) in [5, 5.41) is 5.55. The summed E-state index contributed by atoms with van der Waals surface area (Å²) in [4.78, 5) is 17.2. The normalized spacial score (nSPS) is 11.1. The van der Waals surface area contributed by atoms with E-state index in [4.69, 9.17) is 27.6 Å². The van der Waals surface area contributed by atoms with Gasteiger partial charge in [0.15, 0.2) is 5.58 Å². The van der Waals surface area contributed by atoms with Gasteiger partial charge in [-0.25, -0.2) is 4.98 Å². The van der Waals surface area contributed by atoms with Crippen molar-refractivity contribution in [3.05, 3.63) is 94.5 Å². The highest BCUT2D eigenvalue weighted by Gasteiger charge is 2.14. The molecule has 5 rings (SSSR count). The molecule has 6 heteroatoms. The molecule has 0 atom stereocenters. The van der Waals surface area contributed by atoms with Crippen molar-refractivity contribution in [2.45, 2.75) is 0 Å². The van der Waals surface area contributed by atoms with Crippen molar-refractivity contribution in [3.63, 3.8) is 0 Å². The summed E-state index contributed by atoms with van der Waals surface area (Å²) in [6, 6.07) is 24.2. The van der Waals surface area contributed by atoms with Crippen molar-refractivity contribution in [2.24, 2.45) is 0 Å². The third kappa shape index (κ3) is 3.30. The van der Waals surface area contributed by atoms with Crippen LogP contribution in [0, 0.1) is 0 Å². The molecular weight excluding hydrogens is 419 g/mol. The number of hydrogen-bond donors (Lipinski definition) is 1. The van der Waals surface area contributed by atoms with E-state index in [9.17, 15) is 4.79 Å². The molecule has 0 aliphatic heterocycles. The van der Waals surface area contributed by atoms with Crippen LogP contribution in [0.15, 0.2) is 83.3 Å².